The maximum Gasteiger partial charge on any atom is 0.215 e. The second-order valence-electron chi connectivity index (χ2n) is 5.19. The Hall–Kier alpha value is -1.45. The van der Waals surface area contributed by atoms with E-state index in [2.05, 4.69) is 17.2 Å². The van der Waals surface area contributed by atoms with E-state index in [1.54, 1.807) is 13.2 Å². The second-order valence-corrected chi connectivity index (χ2v) is 5.19. The maximum absolute atomic E-state index is 5.87. The number of rotatable bonds is 11. The van der Waals surface area contributed by atoms with Crippen LogP contribution in [0.5, 0.6) is 5.88 Å². The average molecular weight is 279 g/mol. The molecule has 0 saturated heterocycles. The van der Waals surface area contributed by atoms with E-state index in [-0.39, 0.29) is 0 Å². The van der Waals surface area contributed by atoms with Crippen molar-refractivity contribution in [3.05, 3.63) is 12.1 Å². The first-order chi connectivity index (χ1) is 9.77. The molecular formula is C16H29N3O. The minimum Gasteiger partial charge on any atom is -0.481 e. The summed E-state index contributed by atoms with van der Waals surface area (Å²) < 4.78 is 5.09. The number of unbranched alkanes of at least 4 members (excludes halogenated alkanes) is 7. The summed E-state index contributed by atoms with van der Waals surface area (Å²) in [5.41, 5.74) is 6.54. The Balaban J connectivity index is 2.09. The molecule has 0 bridgehead atoms. The number of nitrogens with one attached hydrogen (secondary N) is 1. The number of hydrogen-bond donors (Lipinski definition) is 2. The van der Waals surface area contributed by atoms with E-state index in [9.17, 15) is 0 Å². The fraction of sp³-hybridized carbons (Fsp3) is 0.688. The van der Waals surface area contributed by atoms with Gasteiger partial charge in [0.1, 0.15) is 0 Å². The number of methoxy groups -OCH3 is 1. The number of aromatic nitrogens is 1. The van der Waals surface area contributed by atoms with Crippen molar-refractivity contribution in [1.82, 2.24) is 4.98 Å². The lowest BCUT2D eigenvalue weighted by Crippen LogP contribution is -2.06. The summed E-state index contributed by atoms with van der Waals surface area (Å²) in [6.45, 7) is 3.17. The Morgan fingerprint density at radius 2 is 1.70 bits per heavy atom. The number of nitrogens with two attached hydrogens (primary N) is 1. The summed E-state index contributed by atoms with van der Waals surface area (Å²) in [5, 5.41) is 3.28. The van der Waals surface area contributed by atoms with E-state index in [1.165, 1.54) is 44.9 Å². The van der Waals surface area contributed by atoms with Gasteiger partial charge in [-0.15, -0.1) is 0 Å². The van der Waals surface area contributed by atoms with Gasteiger partial charge in [-0.1, -0.05) is 51.9 Å². The lowest BCUT2D eigenvalue weighted by Gasteiger charge is -2.09. The summed E-state index contributed by atoms with van der Waals surface area (Å²) >= 11 is 0. The van der Waals surface area contributed by atoms with E-state index in [0.717, 1.165) is 18.8 Å². The van der Waals surface area contributed by atoms with E-state index >= 15 is 0 Å². The molecule has 0 spiro atoms. The lowest BCUT2D eigenvalue weighted by molar-refractivity contribution is 0.398. The molecule has 0 amide bonds. The molecule has 0 aliphatic heterocycles. The fourth-order valence-electron chi connectivity index (χ4n) is 2.17. The number of nitrogens with zero attached hydrogens (tertiary/aromatic N) is 1. The maximum atomic E-state index is 5.87. The van der Waals surface area contributed by atoms with E-state index in [0.29, 0.717) is 11.6 Å². The SMILES string of the molecule is CCCCCCCCCCNc1nc(OC)ccc1N. The van der Waals surface area contributed by atoms with Crippen LogP contribution in [0, 0.1) is 0 Å². The van der Waals surface area contributed by atoms with Gasteiger partial charge in [0.25, 0.3) is 0 Å². The van der Waals surface area contributed by atoms with Gasteiger partial charge in [0.15, 0.2) is 5.82 Å². The van der Waals surface area contributed by atoms with Crippen LogP contribution in [0.15, 0.2) is 12.1 Å². The molecule has 0 atom stereocenters. The van der Waals surface area contributed by atoms with Gasteiger partial charge in [0.2, 0.25) is 5.88 Å². The summed E-state index contributed by atoms with van der Waals surface area (Å²) in [5.74, 6) is 1.32. The zero-order chi connectivity index (χ0) is 14.6. The molecule has 4 heteroatoms. The molecule has 114 valence electrons. The van der Waals surface area contributed by atoms with Crippen molar-refractivity contribution >= 4 is 11.5 Å². The molecule has 0 aliphatic rings. The molecular weight excluding hydrogens is 250 g/mol. The van der Waals surface area contributed by atoms with E-state index in [1.807, 2.05) is 6.07 Å². The highest BCUT2D eigenvalue weighted by atomic mass is 16.5. The predicted molar refractivity (Wildman–Crippen MR) is 86.3 cm³/mol. The van der Waals surface area contributed by atoms with Crippen molar-refractivity contribution < 1.29 is 4.74 Å². The summed E-state index contributed by atoms with van der Waals surface area (Å²) in [6, 6.07) is 3.60. The molecule has 0 unspecified atom stereocenters. The minimum absolute atomic E-state index is 0.595. The third-order valence-electron chi connectivity index (χ3n) is 3.43. The van der Waals surface area contributed by atoms with Gasteiger partial charge in [0, 0.05) is 12.6 Å². The van der Waals surface area contributed by atoms with Crippen LogP contribution < -0.4 is 15.8 Å². The quantitative estimate of drug-likeness (QED) is 0.595. The summed E-state index contributed by atoms with van der Waals surface area (Å²) in [4.78, 5) is 4.30. The number of ether oxygens (including phenoxy) is 1. The lowest BCUT2D eigenvalue weighted by atomic mass is 10.1. The van der Waals surface area contributed by atoms with Crippen LogP contribution in [0.2, 0.25) is 0 Å². The Morgan fingerprint density at radius 3 is 2.35 bits per heavy atom. The van der Waals surface area contributed by atoms with Crippen LogP contribution >= 0.6 is 0 Å². The van der Waals surface area contributed by atoms with E-state index in [4.69, 9.17) is 10.5 Å². The summed E-state index contributed by atoms with van der Waals surface area (Å²) in [7, 11) is 1.61. The van der Waals surface area contributed by atoms with Crippen LogP contribution in [0.3, 0.4) is 0 Å². The van der Waals surface area contributed by atoms with Crippen LogP contribution in [0.4, 0.5) is 11.5 Å². The van der Waals surface area contributed by atoms with Crippen molar-refractivity contribution in [2.45, 2.75) is 58.3 Å². The van der Waals surface area contributed by atoms with Crippen molar-refractivity contribution in [2.24, 2.45) is 0 Å². The van der Waals surface area contributed by atoms with Crippen LogP contribution in [-0.4, -0.2) is 18.6 Å². The highest BCUT2D eigenvalue weighted by Crippen LogP contribution is 2.19. The van der Waals surface area contributed by atoms with Crippen molar-refractivity contribution in [3.8, 4) is 5.88 Å². The van der Waals surface area contributed by atoms with Crippen molar-refractivity contribution in [1.29, 1.82) is 0 Å². The molecule has 1 aromatic heterocycles. The first kappa shape index (κ1) is 16.6. The van der Waals surface area contributed by atoms with E-state index < -0.39 is 0 Å². The van der Waals surface area contributed by atoms with Gasteiger partial charge in [-0.25, -0.2) is 0 Å². The average Bonchev–Trinajstić information content (AvgIpc) is 2.47. The topological polar surface area (TPSA) is 60.2 Å². The first-order valence-electron chi connectivity index (χ1n) is 7.82. The zero-order valence-electron chi connectivity index (χ0n) is 13.0. The smallest absolute Gasteiger partial charge is 0.215 e. The minimum atomic E-state index is 0.595. The zero-order valence-corrected chi connectivity index (χ0v) is 13.0. The fourth-order valence-corrected chi connectivity index (χ4v) is 2.17. The summed E-state index contributed by atoms with van der Waals surface area (Å²) in [6.07, 6.45) is 10.6. The van der Waals surface area contributed by atoms with Gasteiger partial charge in [-0.2, -0.15) is 4.98 Å². The molecule has 0 aliphatic carbocycles. The Labute approximate surface area is 123 Å². The number of anilines is 2. The highest BCUT2D eigenvalue weighted by molar-refractivity contribution is 5.61. The highest BCUT2D eigenvalue weighted by Gasteiger charge is 2.02. The van der Waals surface area contributed by atoms with Crippen molar-refractivity contribution in [3.63, 3.8) is 0 Å². The Bertz CT molecular complexity index is 369. The molecule has 0 radical (unpaired) electrons. The number of nitrogen functional groups attached to an aromatic ring is 1. The molecule has 1 rings (SSSR count). The third-order valence-corrected chi connectivity index (χ3v) is 3.43. The standard InChI is InChI=1S/C16H29N3O/c1-3-4-5-6-7-8-9-10-13-18-16-14(17)11-12-15(19-16)20-2/h11-12H,3-10,13,17H2,1-2H3,(H,18,19). The monoisotopic (exact) mass is 279 g/mol. The molecule has 4 nitrogen and oxygen atoms in total. The van der Waals surface area contributed by atoms with Crippen LogP contribution in [-0.2, 0) is 0 Å². The second kappa shape index (κ2) is 10.4. The third kappa shape index (κ3) is 6.64. The van der Waals surface area contributed by atoms with Gasteiger partial charge < -0.3 is 15.8 Å². The predicted octanol–water partition coefficient (Wildman–Crippen LogP) is 4.23. The molecule has 1 heterocycles. The molecule has 0 aromatic carbocycles. The largest absolute Gasteiger partial charge is 0.481 e. The number of pyridine rings is 1. The molecule has 3 N–H and O–H groups in total. The molecule has 20 heavy (non-hydrogen) atoms. The Kier molecular flexibility index (Phi) is 8.59. The van der Waals surface area contributed by atoms with Crippen molar-refractivity contribution in [2.75, 3.05) is 24.7 Å². The molecule has 1 aromatic rings. The van der Waals surface area contributed by atoms with Crippen LogP contribution in [0.25, 0.3) is 0 Å². The normalized spacial score (nSPS) is 10.5. The molecule has 0 saturated carbocycles. The Morgan fingerprint density at radius 1 is 1.05 bits per heavy atom. The number of hydrogen-bond acceptors (Lipinski definition) is 4. The van der Waals surface area contributed by atoms with Gasteiger partial charge in [-0.05, 0) is 12.5 Å². The van der Waals surface area contributed by atoms with Gasteiger partial charge in [0.05, 0.1) is 12.8 Å². The first-order valence-corrected chi connectivity index (χ1v) is 7.82. The van der Waals surface area contributed by atoms with Crippen LogP contribution in [0.1, 0.15) is 58.3 Å². The van der Waals surface area contributed by atoms with Gasteiger partial charge in [-0.3, -0.25) is 0 Å². The van der Waals surface area contributed by atoms with Gasteiger partial charge >= 0.3 is 0 Å². The molecule has 0 fully saturated rings.